The zero-order valence-corrected chi connectivity index (χ0v) is 12.5. The van der Waals surface area contributed by atoms with Crippen molar-refractivity contribution in [2.75, 3.05) is 13.2 Å². The zero-order chi connectivity index (χ0) is 12.8. The molecule has 1 aliphatic heterocycles. The number of furan rings is 1. The highest BCUT2D eigenvalue weighted by molar-refractivity contribution is 9.10. The Morgan fingerprint density at radius 3 is 3.00 bits per heavy atom. The van der Waals surface area contributed by atoms with Crippen LogP contribution in [-0.4, -0.2) is 19.3 Å². The van der Waals surface area contributed by atoms with Crippen LogP contribution in [-0.2, 0) is 4.74 Å². The minimum absolute atomic E-state index is 0.322. The summed E-state index contributed by atoms with van der Waals surface area (Å²) in [7, 11) is 0. The maximum atomic E-state index is 5.65. The number of halogens is 1. The van der Waals surface area contributed by atoms with Crippen molar-refractivity contribution < 1.29 is 9.15 Å². The second kappa shape index (κ2) is 7.31. The summed E-state index contributed by atoms with van der Waals surface area (Å²) in [5, 5.41) is 3.48. The molecule has 3 nitrogen and oxygen atoms in total. The Morgan fingerprint density at radius 2 is 2.39 bits per heavy atom. The highest BCUT2D eigenvalue weighted by Crippen LogP contribution is 2.26. The Hall–Kier alpha value is -0.320. The molecule has 18 heavy (non-hydrogen) atoms. The van der Waals surface area contributed by atoms with E-state index >= 15 is 0 Å². The van der Waals surface area contributed by atoms with Crippen LogP contribution in [0.3, 0.4) is 0 Å². The van der Waals surface area contributed by atoms with Gasteiger partial charge >= 0.3 is 0 Å². The SMILES string of the molecule is CCNC(CCCC1CCCO1)c1ccc(Br)o1. The highest BCUT2D eigenvalue weighted by atomic mass is 79.9. The van der Waals surface area contributed by atoms with Gasteiger partial charge in [-0.1, -0.05) is 6.92 Å². The largest absolute Gasteiger partial charge is 0.453 e. The average molecular weight is 316 g/mol. The second-order valence-corrected chi connectivity index (χ2v) is 5.60. The number of rotatable bonds is 7. The summed E-state index contributed by atoms with van der Waals surface area (Å²) in [4.78, 5) is 0. The third kappa shape index (κ3) is 4.11. The Labute approximate surface area is 117 Å². The maximum Gasteiger partial charge on any atom is 0.169 e. The monoisotopic (exact) mass is 315 g/mol. The third-order valence-electron chi connectivity index (χ3n) is 3.43. The van der Waals surface area contributed by atoms with Gasteiger partial charge in [0.05, 0.1) is 12.1 Å². The molecule has 1 aromatic heterocycles. The van der Waals surface area contributed by atoms with Crippen molar-refractivity contribution in [3.8, 4) is 0 Å². The first-order chi connectivity index (χ1) is 8.79. The molecule has 0 aromatic carbocycles. The summed E-state index contributed by atoms with van der Waals surface area (Å²) in [6.07, 6.45) is 6.42. The minimum Gasteiger partial charge on any atom is -0.453 e. The molecule has 2 heterocycles. The summed E-state index contributed by atoms with van der Waals surface area (Å²) < 4.78 is 12.1. The van der Waals surface area contributed by atoms with Gasteiger partial charge in [0.25, 0.3) is 0 Å². The van der Waals surface area contributed by atoms with E-state index in [1.807, 2.05) is 12.1 Å². The van der Waals surface area contributed by atoms with E-state index in [4.69, 9.17) is 9.15 Å². The molecule has 102 valence electrons. The third-order valence-corrected chi connectivity index (χ3v) is 3.86. The Morgan fingerprint density at radius 1 is 1.50 bits per heavy atom. The van der Waals surface area contributed by atoms with Crippen LogP contribution in [0.2, 0.25) is 0 Å². The zero-order valence-electron chi connectivity index (χ0n) is 11.0. The van der Waals surface area contributed by atoms with Crippen LogP contribution in [0.25, 0.3) is 0 Å². The predicted molar refractivity (Wildman–Crippen MR) is 75.7 cm³/mol. The van der Waals surface area contributed by atoms with E-state index < -0.39 is 0 Å². The summed E-state index contributed by atoms with van der Waals surface area (Å²) in [6, 6.07) is 4.33. The lowest BCUT2D eigenvalue weighted by molar-refractivity contribution is 0.101. The van der Waals surface area contributed by atoms with Crippen LogP contribution < -0.4 is 5.32 Å². The summed E-state index contributed by atoms with van der Waals surface area (Å²) in [6.45, 7) is 4.04. The van der Waals surface area contributed by atoms with Crippen molar-refractivity contribution in [3.63, 3.8) is 0 Å². The molecule has 0 saturated carbocycles. The van der Waals surface area contributed by atoms with E-state index in [2.05, 4.69) is 28.2 Å². The fourth-order valence-corrected chi connectivity index (χ4v) is 2.85. The first kappa shape index (κ1) is 14.1. The van der Waals surface area contributed by atoms with Gasteiger partial charge in [0, 0.05) is 6.61 Å². The smallest absolute Gasteiger partial charge is 0.169 e. The van der Waals surface area contributed by atoms with E-state index in [1.165, 1.54) is 25.7 Å². The maximum absolute atomic E-state index is 5.65. The molecule has 0 amide bonds. The molecule has 0 aliphatic carbocycles. The molecule has 1 aromatic rings. The molecule has 4 heteroatoms. The molecule has 0 spiro atoms. The van der Waals surface area contributed by atoms with Gasteiger partial charge in [-0.15, -0.1) is 0 Å². The van der Waals surface area contributed by atoms with E-state index in [0.717, 1.165) is 30.0 Å². The fraction of sp³-hybridized carbons (Fsp3) is 0.714. The van der Waals surface area contributed by atoms with Crippen molar-refractivity contribution in [3.05, 3.63) is 22.6 Å². The van der Waals surface area contributed by atoms with Crippen molar-refractivity contribution in [2.45, 2.75) is 51.2 Å². The van der Waals surface area contributed by atoms with Crippen LogP contribution in [0.1, 0.15) is 50.8 Å². The van der Waals surface area contributed by atoms with Crippen molar-refractivity contribution in [1.29, 1.82) is 0 Å². The molecule has 1 saturated heterocycles. The standard InChI is InChI=1S/C14H22BrNO2/c1-2-16-12(13-8-9-14(15)18-13)7-3-5-11-6-4-10-17-11/h8-9,11-12,16H,2-7,10H2,1H3. The van der Waals surface area contributed by atoms with Gasteiger partial charge in [0.2, 0.25) is 0 Å². The molecule has 2 atom stereocenters. The van der Waals surface area contributed by atoms with Gasteiger partial charge in [-0.2, -0.15) is 0 Å². The van der Waals surface area contributed by atoms with Gasteiger partial charge in [-0.05, 0) is 66.7 Å². The molecule has 1 aliphatic rings. The van der Waals surface area contributed by atoms with Gasteiger partial charge in [0.1, 0.15) is 5.76 Å². The van der Waals surface area contributed by atoms with Gasteiger partial charge in [-0.25, -0.2) is 0 Å². The molecule has 1 N–H and O–H groups in total. The molecular weight excluding hydrogens is 294 g/mol. The van der Waals surface area contributed by atoms with E-state index in [1.54, 1.807) is 0 Å². The topological polar surface area (TPSA) is 34.4 Å². The average Bonchev–Trinajstić information content (AvgIpc) is 2.99. The summed E-state index contributed by atoms with van der Waals surface area (Å²) >= 11 is 3.36. The highest BCUT2D eigenvalue weighted by Gasteiger charge is 2.18. The van der Waals surface area contributed by atoms with Crippen LogP contribution >= 0.6 is 15.9 Å². The van der Waals surface area contributed by atoms with Crippen molar-refractivity contribution in [2.24, 2.45) is 0 Å². The second-order valence-electron chi connectivity index (χ2n) is 4.82. The number of hydrogen-bond acceptors (Lipinski definition) is 3. The Kier molecular flexibility index (Phi) is 5.73. The van der Waals surface area contributed by atoms with Crippen molar-refractivity contribution >= 4 is 15.9 Å². The molecule has 2 rings (SSSR count). The van der Waals surface area contributed by atoms with Gasteiger partial charge in [-0.3, -0.25) is 0 Å². The lowest BCUT2D eigenvalue weighted by atomic mass is 10.0. The van der Waals surface area contributed by atoms with E-state index in [9.17, 15) is 0 Å². The predicted octanol–water partition coefficient (Wildman–Crippen LogP) is 4.04. The van der Waals surface area contributed by atoms with Crippen LogP contribution in [0.5, 0.6) is 0 Å². The number of nitrogens with one attached hydrogen (secondary N) is 1. The Bertz CT molecular complexity index is 347. The first-order valence-electron chi connectivity index (χ1n) is 6.90. The fourth-order valence-electron chi connectivity index (χ4n) is 2.53. The quantitative estimate of drug-likeness (QED) is 0.824. The number of ether oxygens (including phenoxy) is 1. The molecule has 0 radical (unpaired) electrons. The summed E-state index contributed by atoms with van der Waals surface area (Å²) in [5.41, 5.74) is 0. The Balaban J connectivity index is 1.78. The van der Waals surface area contributed by atoms with Gasteiger partial charge in [0.15, 0.2) is 4.67 Å². The molecule has 0 bridgehead atoms. The lowest BCUT2D eigenvalue weighted by Crippen LogP contribution is -2.20. The molecule has 1 fully saturated rings. The lowest BCUT2D eigenvalue weighted by Gasteiger charge is -2.16. The van der Waals surface area contributed by atoms with Crippen LogP contribution in [0, 0.1) is 0 Å². The normalized spacial score (nSPS) is 21.3. The van der Waals surface area contributed by atoms with Gasteiger partial charge < -0.3 is 14.5 Å². The number of hydrogen-bond donors (Lipinski definition) is 1. The van der Waals surface area contributed by atoms with E-state index in [-0.39, 0.29) is 0 Å². The summed E-state index contributed by atoms with van der Waals surface area (Å²) in [5.74, 6) is 1.02. The van der Waals surface area contributed by atoms with Crippen LogP contribution in [0.15, 0.2) is 21.2 Å². The van der Waals surface area contributed by atoms with E-state index in [0.29, 0.717) is 12.1 Å². The first-order valence-corrected chi connectivity index (χ1v) is 7.69. The molecule has 2 unspecified atom stereocenters. The van der Waals surface area contributed by atoms with Crippen molar-refractivity contribution in [1.82, 2.24) is 5.32 Å². The van der Waals surface area contributed by atoms with Crippen LogP contribution in [0.4, 0.5) is 0 Å². The minimum atomic E-state index is 0.322. The molecular formula is C14H22BrNO2.